The molecule has 2 heterocycles. The summed E-state index contributed by atoms with van der Waals surface area (Å²) in [6, 6.07) is 8.78. The fourth-order valence-electron chi connectivity index (χ4n) is 4.33. The predicted octanol–water partition coefficient (Wildman–Crippen LogP) is 2.89. The minimum Gasteiger partial charge on any atom is -0.488 e. The van der Waals surface area contributed by atoms with Gasteiger partial charge in [-0.05, 0) is 63.7 Å². The van der Waals surface area contributed by atoms with E-state index in [4.69, 9.17) is 4.74 Å². The van der Waals surface area contributed by atoms with Gasteiger partial charge in [-0.2, -0.15) is 0 Å². The number of anilines is 1. The monoisotopic (exact) mass is 497 g/mol. The molecule has 0 saturated carbocycles. The number of nitrogens with one attached hydrogen (secondary N) is 2. The topological polar surface area (TPSA) is 107 Å². The third-order valence-corrected chi connectivity index (χ3v) is 6.29. The summed E-state index contributed by atoms with van der Waals surface area (Å²) in [7, 11) is 2.05. The molecule has 1 aromatic heterocycles. The van der Waals surface area contributed by atoms with E-state index in [1.807, 2.05) is 46.0 Å². The highest BCUT2D eigenvalue weighted by molar-refractivity contribution is 5.90. The summed E-state index contributed by atoms with van der Waals surface area (Å²) in [6.45, 7) is 9.45. The van der Waals surface area contributed by atoms with Crippen molar-refractivity contribution >= 4 is 17.6 Å². The summed E-state index contributed by atoms with van der Waals surface area (Å²) in [4.78, 5) is 33.6. The van der Waals surface area contributed by atoms with Crippen LogP contribution in [0.1, 0.15) is 38.8 Å². The highest BCUT2D eigenvalue weighted by Gasteiger charge is 2.31. The Hall–Kier alpha value is -3.17. The zero-order valence-electron chi connectivity index (χ0n) is 21.9. The number of amides is 3. The summed E-state index contributed by atoms with van der Waals surface area (Å²) >= 11 is 0. The highest BCUT2D eigenvalue weighted by atomic mass is 16.5. The number of benzene rings is 1. The van der Waals surface area contributed by atoms with Crippen LogP contribution >= 0.6 is 0 Å². The zero-order valence-corrected chi connectivity index (χ0v) is 21.9. The molecule has 0 bridgehead atoms. The van der Waals surface area contributed by atoms with Gasteiger partial charge in [0, 0.05) is 55.2 Å². The third kappa shape index (κ3) is 7.66. The molecule has 0 saturated heterocycles. The number of aliphatic hydroxyl groups is 1. The number of aliphatic hydroxyl groups excluding tert-OH is 1. The van der Waals surface area contributed by atoms with Crippen molar-refractivity contribution in [2.75, 3.05) is 32.1 Å². The normalized spacial score (nSPS) is 19.1. The maximum Gasteiger partial charge on any atom is 0.319 e. The van der Waals surface area contributed by atoms with Gasteiger partial charge >= 0.3 is 6.03 Å². The molecular formula is C27H39N5O4. The van der Waals surface area contributed by atoms with E-state index in [1.165, 1.54) is 0 Å². The number of fused-ring (bicyclic) bond motifs is 1. The Balaban J connectivity index is 1.87. The average molecular weight is 498 g/mol. The summed E-state index contributed by atoms with van der Waals surface area (Å²) in [5.41, 5.74) is 2.45. The van der Waals surface area contributed by atoms with E-state index in [0.717, 1.165) is 12.1 Å². The molecule has 0 radical (unpaired) electrons. The number of carbonyl (C=O) groups is 2. The number of hydrogen-bond acceptors (Lipinski definition) is 6. The van der Waals surface area contributed by atoms with Gasteiger partial charge in [0.05, 0.1) is 19.1 Å². The zero-order chi connectivity index (χ0) is 26.2. The molecule has 2 aromatic rings. The van der Waals surface area contributed by atoms with E-state index in [2.05, 4.69) is 27.4 Å². The van der Waals surface area contributed by atoms with Crippen LogP contribution in [0.3, 0.4) is 0 Å². The fraction of sp³-hybridized carbons (Fsp3) is 0.519. The van der Waals surface area contributed by atoms with Gasteiger partial charge in [-0.15, -0.1) is 0 Å². The van der Waals surface area contributed by atoms with Crippen molar-refractivity contribution in [3.05, 3.63) is 53.9 Å². The summed E-state index contributed by atoms with van der Waals surface area (Å²) in [6.07, 6.45) is 3.49. The van der Waals surface area contributed by atoms with E-state index in [1.54, 1.807) is 29.4 Å². The van der Waals surface area contributed by atoms with Crippen LogP contribution in [0.25, 0.3) is 0 Å². The maximum absolute atomic E-state index is 13.3. The Morgan fingerprint density at radius 3 is 2.64 bits per heavy atom. The molecule has 1 aliphatic heterocycles. The number of ether oxygens (including phenoxy) is 1. The van der Waals surface area contributed by atoms with Crippen LogP contribution in [0.4, 0.5) is 10.5 Å². The second-order valence-electron chi connectivity index (χ2n) is 10.0. The van der Waals surface area contributed by atoms with Crippen molar-refractivity contribution in [1.82, 2.24) is 20.1 Å². The molecule has 0 unspecified atom stereocenters. The van der Waals surface area contributed by atoms with Gasteiger partial charge < -0.3 is 25.4 Å². The van der Waals surface area contributed by atoms with E-state index < -0.39 is 0 Å². The largest absolute Gasteiger partial charge is 0.488 e. The lowest BCUT2D eigenvalue weighted by atomic mass is 10.0. The van der Waals surface area contributed by atoms with Crippen LogP contribution in [0.15, 0.2) is 42.7 Å². The van der Waals surface area contributed by atoms with Crippen LogP contribution in [0.2, 0.25) is 0 Å². The molecule has 3 N–H and O–H groups in total. The Morgan fingerprint density at radius 1 is 1.25 bits per heavy atom. The van der Waals surface area contributed by atoms with Crippen LogP contribution in [-0.2, 0) is 17.8 Å². The average Bonchev–Trinajstić information content (AvgIpc) is 2.86. The quantitative estimate of drug-likeness (QED) is 0.518. The lowest BCUT2D eigenvalue weighted by Gasteiger charge is -2.34. The molecule has 1 aromatic carbocycles. The van der Waals surface area contributed by atoms with Gasteiger partial charge in [0.15, 0.2) is 0 Å². The predicted molar refractivity (Wildman–Crippen MR) is 140 cm³/mol. The molecule has 3 rings (SSSR count). The minimum atomic E-state index is -0.310. The molecule has 196 valence electrons. The van der Waals surface area contributed by atoms with Gasteiger partial charge in [0.2, 0.25) is 5.91 Å². The molecule has 0 aliphatic carbocycles. The van der Waals surface area contributed by atoms with E-state index in [9.17, 15) is 14.7 Å². The number of hydrogen-bond donors (Lipinski definition) is 3. The SMILES string of the molecule is CC(C)NC(=O)Nc1ccc2c(c1)CC(=O)N([C@@H](C)CO)C[C@H](C)[C@H](CN(C)Cc1ccncc1)O2. The van der Waals surface area contributed by atoms with Gasteiger partial charge in [-0.1, -0.05) is 6.92 Å². The molecule has 0 fully saturated rings. The third-order valence-electron chi connectivity index (χ3n) is 6.29. The van der Waals surface area contributed by atoms with E-state index in [0.29, 0.717) is 30.1 Å². The van der Waals surface area contributed by atoms with Crippen molar-refractivity contribution < 1.29 is 19.4 Å². The van der Waals surface area contributed by atoms with Crippen LogP contribution in [-0.4, -0.2) is 76.8 Å². The molecule has 9 nitrogen and oxygen atoms in total. The second-order valence-corrected chi connectivity index (χ2v) is 10.0. The highest BCUT2D eigenvalue weighted by Crippen LogP contribution is 2.29. The van der Waals surface area contributed by atoms with Crippen molar-refractivity contribution in [2.24, 2.45) is 5.92 Å². The van der Waals surface area contributed by atoms with Gasteiger partial charge in [0.1, 0.15) is 11.9 Å². The molecule has 3 atom stereocenters. The minimum absolute atomic E-state index is 0.00248. The molecule has 3 amide bonds. The molecular weight excluding hydrogens is 458 g/mol. The number of nitrogens with zero attached hydrogens (tertiary/aromatic N) is 3. The van der Waals surface area contributed by atoms with Gasteiger partial charge in [-0.25, -0.2) is 4.79 Å². The van der Waals surface area contributed by atoms with Crippen molar-refractivity contribution in [1.29, 1.82) is 0 Å². The Kier molecular flexibility index (Phi) is 9.66. The molecule has 1 aliphatic rings. The first kappa shape index (κ1) is 27.4. The summed E-state index contributed by atoms with van der Waals surface area (Å²) in [5, 5.41) is 15.4. The first-order valence-corrected chi connectivity index (χ1v) is 12.5. The Morgan fingerprint density at radius 2 is 1.97 bits per heavy atom. The Labute approximate surface area is 213 Å². The first-order chi connectivity index (χ1) is 17.2. The summed E-state index contributed by atoms with van der Waals surface area (Å²) in [5.74, 6) is 0.567. The number of rotatable bonds is 8. The van der Waals surface area contributed by atoms with Crippen LogP contribution in [0.5, 0.6) is 5.75 Å². The molecule has 36 heavy (non-hydrogen) atoms. The first-order valence-electron chi connectivity index (χ1n) is 12.5. The van der Waals surface area contributed by atoms with Crippen molar-refractivity contribution in [3.8, 4) is 5.75 Å². The number of urea groups is 1. The van der Waals surface area contributed by atoms with Gasteiger partial charge in [-0.3, -0.25) is 14.7 Å². The van der Waals surface area contributed by atoms with Crippen LogP contribution < -0.4 is 15.4 Å². The Bertz CT molecular complexity index is 1020. The number of pyridine rings is 1. The molecule has 0 spiro atoms. The standard InChI is InChI=1S/C27H39N5O4/c1-18(2)29-27(35)30-23-6-7-24-22(12-23)13-26(34)32(20(4)17-33)14-19(3)25(36-24)16-31(5)15-21-8-10-28-11-9-21/h6-12,18-20,25,33H,13-17H2,1-5H3,(H2,29,30,35)/t19-,20-,25-/m0/s1. The lowest BCUT2D eigenvalue weighted by molar-refractivity contribution is -0.134. The maximum atomic E-state index is 13.3. The number of carbonyl (C=O) groups excluding carboxylic acids is 2. The number of aromatic nitrogens is 1. The van der Waals surface area contributed by atoms with E-state index in [-0.39, 0.29) is 49.1 Å². The lowest BCUT2D eigenvalue weighted by Crippen LogP contribution is -2.47. The van der Waals surface area contributed by atoms with Crippen LogP contribution in [0, 0.1) is 5.92 Å². The smallest absolute Gasteiger partial charge is 0.319 e. The molecule has 9 heteroatoms. The fourth-order valence-corrected chi connectivity index (χ4v) is 4.33. The van der Waals surface area contributed by atoms with Crippen molar-refractivity contribution in [3.63, 3.8) is 0 Å². The summed E-state index contributed by atoms with van der Waals surface area (Å²) < 4.78 is 6.55. The number of likely N-dealkylation sites (N-methyl/N-ethyl adjacent to an activating group) is 1. The van der Waals surface area contributed by atoms with Gasteiger partial charge in [0.25, 0.3) is 0 Å². The van der Waals surface area contributed by atoms with E-state index >= 15 is 0 Å². The van der Waals surface area contributed by atoms with Crippen molar-refractivity contribution in [2.45, 2.75) is 58.8 Å². The second kappa shape index (κ2) is 12.7.